The molecule has 1 saturated heterocycles. The quantitative estimate of drug-likeness (QED) is 0.649. The highest BCUT2D eigenvalue weighted by atomic mass is 35.5. The molecule has 1 aliphatic rings. The second kappa shape index (κ2) is 6.50. The van der Waals surface area contributed by atoms with Crippen LogP contribution in [0, 0.1) is 0 Å². The number of nitrogen functional groups attached to an aromatic ring is 1. The molecule has 0 aromatic heterocycles. The van der Waals surface area contributed by atoms with Gasteiger partial charge in [-0.2, -0.15) is 0 Å². The van der Waals surface area contributed by atoms with Crippen molar-refractivity contribution >= 4 is 29.1 Å². The minimum atomic E-state index is 0.703. The van der Waals surface area contributed by atoms with Gasteiger partial charge in [-0.15, -0.1) is 11.8 Å². The SMILES string of the molecule is Nc1cc(Cl)ccc1SCCN1CCNCC1. The summed E-state index contributed by atoms with van der Waals surface area (Å²) in [6.07, 6.45) is 0. The van der Waals surface area contributed by atoms with Gasteiger partial charge in [-0.05, 0) is 18.2 Å². The molecule has 1 aromatic carbocycles. The first kappa shape index (κ1) is 13.0. The van der Waals surface area contributed by atoms with E-state index in [1.165, 1.54) is 0 Å². The van der Waals surface area contributed by atoms with Gasteiger partial charge in [0.05, 0.1) is 0 Å². The molecule has 0 atom stereocenters. The fourth-order valence-electron chi connectivity index (χ4n) is 1.87. The Hall–Kier alpha value is -0.420. The fraction of sp³-hybridized carbons (Fsp3) is 0.500. The molecular weight excluding hydrogens is 254 g/mol. The first-order chi connectivity index (χ1) is 8.25. The summed E-state index contributed by atoms with van der Waals surface area (Å²) in [4.78, 5) is 3.61. The number of nitrogens with two attached hydrogens (primary N) is 1. The molecule has 3 nitrogen and oxygen atoms in total. The lowest BCUT2D eigenvalue weighted by molar-refractivity contribution is 0.255. The van der Waals surface area contributed by atoms with Gasteiger partial charge in [0.1, 0.15) is 0 Å². The lowest BCUT2D eigenvalue weighted by Gasteiger charge is -2.26. The van der Waals surface area contributed by atoms with E-state index in [2.05, 4.69) is 10.2 Å². The molecule has 5 heteroatoms. The molecule has 0 aliphatic carbocycles. The van der Waals surface area contributed by atoms with Crippen LogP contribution >= 0.6 is 23.4 Å². The number of halogens is 1. The maximum absolute atomic E-state index is 5.91. The molecule has 0 bridgehead atoms. The third-order valence-corrected chi connectivity index (χ3v) is 4.15. The summed E-state index contributed by atoms with van der Waals surface area (Å²) in [6.45, 7) is 5.63. The van der Waals surface area contributed by atoms with Gasteiger partial charge in [0.15, 0.2) is 0 Å². The van der Waals surface area contributed by atoms with E-state index in [0.29, 0.717) is 5.02 Å². The standard InChI is InChI=1S/C12H18ClN3S/c13-10-1-2-12(11(14)9-10)17-8-7-16-5-3-15-4-6-16/h1-2,9,15H,3-8,14H2. The Morgan fingerprint density at radius 1 is 1.35 bits per heavy atom. The molecule has 0 amide bonds. The van der Waals surface area contributed by atoms with Crippen LogP contribution in [0.25, 0.3) is 0 Å². The molecule has 1 aromatic rings. The summed E-state index contributed by atoms with van der Waals surface area (Å²) in [5.74, 6) is 1.08. The first-order valence-corrected chi connectivity index (χ1v) is 7.23. The zero-order valence-electron chi connectivity index (χ0n) is 9.79. The summed E-state index contributed by atoms with van der Waals surface area (Å²) in [5.41, 5.74) is 6.69. The minimum Gasteiger partial charge on any atom is -0.398 e. The van der Waals surface area contributed by atoms with Gasteiger partial charge in [-0.25, -0.2) is 0 Å². The van der Waals surface area contributed by atoms with Gasteiger partial charge in [0.2, 0.25) is 0 Å². The van der Waals surface area contributed by atoms with E-state index in [0.717, 1.165) is 49.1 Å². The molecule has 3 N–H and O–H groups in total. The highest BCUT2D eigenvalue weighted by molar-refractivity contribution is 7.99. The van der Waals surface area contributed by atoms with Crippen molar-refractivity contribution in [3.8, 4) is 0 Å². The Bertz CT molecular complexity index is 367. The van der Waals surface area contributed by atoms with Crippen LogP contribution in [0.5, 0.6) is 0 Å². The van der Waals surface area contributed by atoms with Crippen molar-refractivity contribution in [2.45, 2.75) is 4.90 Å². The van der Waals surface area contributed by atoms with Crippen LogP contribution in [-0.4, -0.2) is 43.4 Å². The average Bonchev–Trinajstić information content (AvgIpc) is 2.33. The normalized spacial score (nSPS) is 17.2. The van der Waals surface area contributed by atoms with Gasteiger partial charge in [0.25, 0.3) is 0 Å². The average molecular weight is 272 g/mol. The topological polar surface area (TPSA) is 41.3 Å². The largest absolute Gasteiger partial charge is 0.398 e. The lowest BCUT2D eigenvalue weighted by Crippen LogP contribution is -2.44. The molecule has 0 radical (unpaired) electrons. The number of benzene rings is 1. The number of rotatable bonds is 4. The van der Waals surface area contributed by atoms with E-state index < -0.39 is 0 Å². The highest BCUT2D eigenvalue weighted by Crippen LogP contribution is 2.27. The molecular formula is C12H18ClN3S. The van der Waals surface area contributed by atoms with Crippen LogP contribution in [0.1, 0.15) is 0 Å². The molecule has 2 rings (SSSR count). The highest BCUT2D eigenvalue weighted by Gasteiger charge is 2.09. The Morgan fingerprint density at radius 2 is 2.12 bits per heavy atom. The molecule has 17 heavy (non-hydrogen) atoms. The summed E-state index contributed by atoms with van der Waals surface area (Å²) >= 11 is 7.67. The molecule has 0 unspecified atom stereocenters. The first-order valence-electron chi connectivity index (χ1n) is 5.86. The van der Waals surface area contributed by atoms with Crippen LogP contribution in [-0.2, 0) is 0 Å². The fourth-order valence-corrected chi connectivity index (χ4v) is 3.01. The Balaban J connectivity index is 1.77. The monoisotopic (exact) mass is 271 g/mol. The number of hydrogen-bond donors (Lipinski definition) is 2. The second-order valence-electron chi connectivity index (χ2n) is 4.12. The van der Waals surface area contributed by atoms with Crippen molar-refractivity contribution in [2.75, 3.05) is 44.2 Å². The Labute approximate surface area is 112 Å². The van der Waals surface area contributed by atoms with Crippen molar-refractivity contribution in [3.63, 3.8) is 0 Å². The smallest absolute Gasteiger partial charge is 0.0467 e. The van der Waals surface area contributed by atoms with E-state index in [1.54, 1.807) is 11.8 Å². The van der Waals surface area contributed by atoms with Gasteiger partial charge in [0, 0.05) is 54.1 Å². The summed E-state index contributed by atoms with van der Waals surface area (Å²) in [6, 6.07) is 5.71. The van der Waals surface area contributed by atoms with Crippen molar-refractivity contribution in [3.05, 3.63) is 23.2 Å². The molecule has 0 spiro atoms. The second-order valence-corrected chi connectivity index (χ2v) is 5.70. The molecule has 1 heterocycles. The van der Waals surface area contributed by atoms with Crippen molar-refractivity contribution in [1.29, 1.82) is 0 Å². The lowest BCUT2D eigenvalue weighted by atomic mass is 10.3. The number of anilines is 1. The van der Waals surface area contributed by atoms with Crippen molar-refractivity contribution in [2.24, 2.45) is 0 Å². The van der Waals surface area contributed by atoms with Crippen molar-refractivity contribution < 1.29 is 0 Å². The predicted octanol–water partition coefficient (Wildman–Crippen LogP) is 1.92. The summed E-state index contributed by atoms with van der Waals surface area (Å²) in [7, 11) is 0. The van der Waals surface area contributed by atoms with Crippen molar-refractivity contribution in [1.82, 2.24) is 10.2 Å². The maximum Gasteiger partial charge on any atom is 0.0467 e. The van der Waals surface area contributed by atoms with Gasteiger partial charge in [-0.1, -0.05) is 11.6 Å². The zero-order chi connectivity index (χ0) is 12.1. The Morgan fingerprint density at radius 3 is 2.82 bits per heavy atom. The summed E-state index contributed by atoms with van der Waals surface area (Å²) in [5, 5.41) is 4.06. The zero-order valence-corrected chi connectivity index (χ0v) is 11.4. The van der Waals surface area contributed by atoms with E-state index in [9.17, 15) is 0 Å². The number of nitrogens with zero attached hydrogens (tertiary/aromatic N) is 1. The van der Waals surface area contributed by atoms with Gasteiger partial charge in [-0.3, -0.25) is 4.90 Å². The Kier molecular flexibility index (Phi) is 4.98. The molecule has 1 aliphatic heterocycles. The van der Waals surface area contributed by atoms with E-state index in [4.69, 9.17) is 17.3 Å². The molecule has 1 fully saturated rings. The minimum absolute atomic E-state index is 0.703. The van der Waals surface area contributed by atoms with Crippen LogP contribution in [0.4, 0.5) is 5.69 Å². The third-order valence-electron chi connectivity index (χ3n) is 2.85. The van der Waals surface area contributed by atoms with E-state index >= 15 is 0 Å². The molecule has 94 valence electrons. The number of piperazine rings is 1. The van der Waals surface area contributed by atoms with Crippen LogP contribution in [0.3, 0.4) is 0 Å². The third kappa shape index (κ3) is 4.07. The number of thioether (sulfide) groups is 1. The van der Waals surface area contributed by atoms with Crippen LogP contribution in [0.2, 0.25) is 5.02 Å². The number of hydrogen-bond acceptors (Lipinski definition) is 4. The number of nitrogens with one attached hydrogen (secondary N) is 1. The van der Waals surface area contributed by atoms with Gasteiger partial charge >= 0.3 is 0 Å². The maximum atomic E-state index is 5.91. The van der Waals surface area contributed by atoms with Crippen LogP contribution < -0.4 is 11.1 Å². The van der Waals surface area contributed by atoms with E-state index in [1.807, 2.05) is 18.2 Å². The summed E-state index contributed by atoms with van der Waals surface area (Å²) < 4.78 is 0. The van der Waals surface area contributed by atoms with E-state index in [-0.39, 0.29) is 0 Å². The predicted molar refractivity (Wildman–Crippen MR) is 75.9 cm³/mol. The van der Waals surface area contributed by atoms with Gasteiger partial charge < -0.3 is 11.1 Å². The molecule has 0 saturated carbocycles. The van der Waals surface area contributed by atoms with Crippen LogP contribution in [0.15, 0.2) is 23.1 Å².